The van der Waals surface area contributed by atoms with Gasteiger partial charge in [-0.15, -0.1) is 0 Å². The molecule has 2 aromatic carbocycles. The number of imide groups is 1. The molecule has 3 fully saturated rings. The first-order valence-corrected chi connectivity index (χ1v) is 9.80. The standard InChI is InChI=1S/C21H20N4O5/c1-30-16-9-3-13(4-10-16)18-17-19(23-12-2-11-22(18)23)21(27)24(20(17)26)14-5-7-15(8-6-14)25(28)29/h3-10,17-19H,2,11-12H2,1H3/t17-,18+,19-/m0/s1. The molecule has 0 aromatic heterocycles. The molecule has 9 nitrogen and oxygen atoms in total. The molecule has 2 aromatic rings. The SMILES string of the molecule is COc1ccc([C@@H]2[C@@H]3C(=O)N(c4ccc([N+](=O)[O-])cc4)C(=O)[C@H]3N3CCCN23)cc1. The summed E-state index contributed by atoms with van der Waals surface area (Å²) in [7, 11) is 1.60. The van der Waals surface area contributed by atoms with E-state index in [0.717, 1.165) is 30.8 Å². The number of hydrogen-bond donors (Lipinski definition) is 0. The number of nitro groups is 1. The highest BCUT2D eigenvalue weighted by atomic mass is 16.6. The Bertz CT molecular complexity index is 1020. The highest BCUT2D eigenvalue weighted by molar-refractivity contribution is 6.24. The van der Waals surface area contributed by atoms with E-state index in [1.165, 1.54) is 29.2 Å². The van der Waals surface area contributed by atoms with Crippen LogP contribution in [0, 0.1) is 16.0 Å². The van der Waals surface area contributed by atoms with Gasteiger partial charge in [0.25, 0.3) is 11.6 Å². The quantitative estimate of drug-likeness (QED) is 0.434. The van der Waals surface area contributed by atoms with Crippen molar-refractivity contribution in [3.63, 3.8) is 0 Å². The second kappa shape index (κ2) is 6.89. The molecule has 3 saturated heterocycles. The molecule has 0 N–H and O–H groups in total. The van der Waals surface area contributed by atoms with Crippen LogP contribution in [0.5, 0.6) is 5.75 Å². The van der Waals surface area contributed by atoms with Crippen LogP contribution in [0.2, 0.25) is 0 Å². The summed E-state index contributed by atoms with van der Waals surface area (Å²) in [6.07, 6.45) is 0.925. The Morgan fingerprint density at radius 1 is 0.933 bits per heavy atom. The molecular formula is C21H20N4O5. The van der Waals surface area contributed by atoms with Crippen molar-refractivity contribution < 1.29 is 19.2 Å². The molecule has 0 radical (unpaired) electrons. The van der Waals surface area contributed by atoms with Crippen LogP contribution < -0.4 is 9.64 Å². The lowest BCUT2D eigenvalue weighted by Crippen LogP contribution is -2.44. The van der Waals surface area contributed by atoms with Gasteiger partial charge in [0, 0.05) is 25.2 Å². The maximum atomic E-state index is 13.4. The van der Waals surface area contributed by atoms with Crippen LogP contribution in [0.25, 0.3) is 0 Å². The molecule has 2 amide bonds. The number of benzene rings is 2. The third-order valence-electron chi connectivity index (χ3n) is 6.18. The van der Waals surface area contributed by atoms with Crippen LogP contribution in [0.1, 0.15) is 18.0 Å². The van der Waals surface area contributed by atoms with Crippen LogP contribution in [0.15, 0.2) is 48.5 Å². The summed E-state index contributed by atoms with van der Waals surface area (Å²) in [6.45, 7) is 1.52. The molecule has 0 spiro atoms. The number of fused-ring (bicyclic) bond motifs is 3. The fourth-order valence-electron chi connectivity index (χ4n) is 4.89. The fraction of sp³-hybridized carbons (Fsp3) is 0.333. The number of amides is 2. The molecule has 0 aliphatic carbocycles. The van der Waals surface area contributed by atoms with Gasteiger partial charge in [-0.2, -0.15) is 0 Å². The third-order valence-corrected chi connectivity index (χ3v) is 6.18. The molecule has 5 rings (SSSR count). The zero-order valence-corrected chi connectivity index (χ0v) is 16.3. The van der Waals surface area contributed by atoms with E-state index in [0.29, 0.717) is 5.69 Å². The van der Waals surface area contributed by atoms with E-state index in [1.54, 1.807) is 7.11 Å². The lowest BCUT2D eigenvalue weighted by molar-refractivity contribution is -0.384. The normalized spacial score (nSPS) is 26.2. The number of hydrazine groups is 1. The monoisotopic (exact) mass is 408 g/mol. The Hall–Kier alpha value is -3.30. The second-order valence-electron chi connectivity index (χ2n) is 7.65. The lowest BCUT2D eigenvalue weighted by Gasteiger charge is -2.29. The van der Waals surface area contributed by atoms with E-state index in [2.05, 4.69) is 5.01 Å². The Balaban J connectivity index is 1.52. The number of ether oxygens (including phenoxy) is 1. The maximum Gasteiger partial charge on any atom is 0.269 e. The Labute approximate surface area is 172 Å². The van der Waals surface area contributed by atoms with E-state index in [4.69, 9.17) is 4.74 Å². The number of anilines is 1. The van der Waals surface area contributed by atoms with Gasteiger partial charge in [0.2, 0.25) is 5.91 Å². The predicted molar refractivity (Wildman–Crippen MR) is 107 cm³/mol. The molecule has 0 saturated carbocycles. The highest BCUT2D eigenvalue weighted by Gasteiger charge is 2.62. The fourth-order valence-corrected chi connectivity index (χ4v) is 4.89. The molecule has 30 heavy (non-hydrogen) atoms. The van der Waals surface area contributed by atoms with Crippen LogP contribution >= 0.6 is 0 Å². The van der Waals surface area contributed by atoms with E-state index in [1.807, 2.05) is 29.3 Å². The Morgan fingerprint density at radius 3 is 2.17 bits per heavy atom. The summed E-state index contributed by atoms with van der Waals surface area (Å²) < 4.78 is 5.24. The molecule has 154 valence electrons. The molecule has 0 unspecified atom stereocenters. The first kappa shape index (κ1) is 18.7. The molecule has 3 aliphatic rings. The van der Waals surface area contributed by atoms with Gasteiger partial charge >= 0.3 is 0 Å². The van der Waals surface area contributed by atoms with Gasteiger partial charge in [-0.25, -0.2) is 14.9 Å². The molecular weight excluding hydrogens is 388 g/mol. The van der Waals surface area contributed by atoms with Crippen molar-refractivity contribution in [1.82, 2.24) is 10.0 Å². The summed E-state index contributed by atoms with van der Waals surface area (Å²) in [4.78, 5) is 38.4. The maximum absolute atomic E-state index is 13.4. The second-order valence-corrected chi connectivity index (χ2v) is 7.65. The topological polar surface area (TPSA) is 96.2 Å². The zero-order chi connectivity index (χ0) is 21.0. The summed E-state index contributed by atoms with van der Waals surface area (Å²) in [5.74, 6) is -0.342. The predicted octanol–water partition coefficient (Wildman–Crippen LogP) is 2.14. The van der Waals surface area contributed by atoms with Crippen molar-refractivity contribution in [2.24, 2.45) is 5.92 Å². The lowest BCUT2D eigenvalue weighted by atomic mass is 9.90. The summed E-state index contributed by atoms with van der Waals surface area (Å²) in [6, 6.07) is 12.4. The zero-order valence-electron chi connectivity index (χ0n) is 16.3. The van der Waals surface area contributed by atoms with E-state index in [-0.39, 0.29) is 23.5 Å². The van der Waals surface area contributed by atoms with Crippen molar-refractivity contribution in [3.05, 3.63) is 64.2 Å². The van der Waals surface area contributed by atoms with E-state index in [9.17, 15) is 19.7 Å². The number of carbonyl (C=O) groups is 2. The minimum Gasteiger partial charge on any atom is -0.497 e. The number of methoxy groups -OCH3 is 1. The van der Waals surface area contributed by atoms with Gasteiger partial charge in [-0.05, 0) is 36.2 Å². The number of hydrogen-bond acceptors (Lipinski definition) is 7. The van der Waals surface area contributed by atoms with Crippen molar-refractivity contribution in [1.29, 1.82) is 0 Å². The molecule has 3 heterocycles. The minimum atomic E-state index is -0.553. The first-order valence-electron chi connectivity index (χ1n) is 9.80. The van der Waals surface area contributed by atoms with Crippen molar-refractivity contribution >= 4 is 23.2 Å². The van der Waals surface area contributed by atoms with Gasteiger partial charge in [0.15, 0.2) is 0 Å². The van der Waals surface area contributed by atoms with Crippen molar-refractivity contribution in [2.75, 3.05) is 25.1 Å². The smallest absolute Gasteiger partial charge is 0.269 e. The van der Waals surface area contributed by atoms with E-state index < -0.39 is 16.9 Å². The van der Waals surface area contributed by atoms with Gasteiger partial charge in [0.05, 0.1) is 29.7 Å². The number of rotatable bonds is 4. The van der Waals surface area contributed by atoms with Crippen molar-refractivity contribution in [3.8, 4) is 5.75 Å². The third kappa shape index (κ3) is 2.62. The molecule has 3 aliphatic heterocycles. The average molecular weight is 408 g/mol. The number of nitro benzene ring substituents is 1. The molecule has 3 atom stereocenters. The van der Waals surface area contributed by atoms with E-state index >= 15 is 0 Å². The van der Waals surface area contributed by atoms with Gasteiger partial charge in [-0.3, -0.25) is 19.7 Å². The minimum absolute atomic E-state index is 0.0835. The summed E-state index contributed by atoms with van der Waals surface area (Å²) in [5, 5.41) is 15.1. The van der Waals surface area contributed by atoms with Crippen LogP contribution in [-0.4, -0.2) is 53.0 Å². The number of non-ortho nitro benzene ring substituents is 1. The summed E-state index contributed by atoms with van der Waals surface area (Å²) >= 11 is 0. The first-order chi connectivity index (χ1) is 14.5. The number of carbonyl (C=O) groups excluding carboxylic acids is 2. The largest absolute Gasteiger partial charge is 0.497 e. The van der Waals surface area contributed by atoms with Crippen LogP contribution in [0.4, 0.5) is 11.4 Å². The Morgan fingerprint density at radius 2 is 1.57 bits per heavy atom. The number of nitrogens with zero attached hydrogens (tertiary/aromatic N) is 4. The Kier molecular flexibility index (Phi) is 4.30. The van der Waals surface area contributed by atoms with Gasteiger partial charge in [0.1, 0.15) is 11.8 Å². The highest BCUT2D eigenvalue weighted by Crippen LogP contribution is 2.49. The summed E-state index contributed by atoms with van der Waals surface area (Å²) in [5.41, 5.74) is 1.24. The van der Waals surface area contributed by atoms with Gasteiger partial charge in [-0.1, -0.05) is 12.1 Å². The van der Waals surface area contributed by atoms with Gasteiger partial charge < -0.3 is 4.74 Å². The molecule has 9 heteroatoms. The molecule has 0 bridgehead atoms. The van der Waals surface area contributed by atoms with Crippen LogP contribution in [0.3, 0.4) is 0 Å². The van der Waals surface area contributed by atoms with Crippen molar-refractivity contribution in [2.45, 2.75) is 18.5 Å². The van der Waals surface area contributed by atoms with Crippen LogP contribution in [-0.2, 0) is 9.59 Å². The average Bonchev–Trinajstić information content (AvgIpc) is 3.40.